The van der Waals surface area contributed by atoms with Crippen LogP contribution < -0.4 is 16.0 Å². The summed E-state index contributed by atoms with van der Waals surface area (Å²) in [6.07, 6.45) is 0.472. The zero-order chi connectivity index (χ0) is 29.4. The minimum absolute atomic E-state index is 0. The van der Waals surface area contributed by atoms with Crippen molar-refractivity contribution in [2.24, 2.45) is 5.41 Å². The standard InChI is InChI=1S/C29H36Cl2F2N4O3.2ClH/c1-5-37(10-11-38)9-8-34-26(39)25-24(16-6-7-20(32)18(30)12-16)29(23(36-25)15-28(2,3)4)17-13-21(33)19(31)14-22(17)35-27(29)40;;/h6-7,12-14,23-25,36,38H,5,8-11,15H2,1-4H3,(H,34,39)(H,35,40);2*1H/t23-,24+,25-,29+;;/m1../s1. The molecule has 4 atom stereocenters. The number of carbonyl (C=O) groups excluding carboxylic acids is 2. The third-order valence-corrected chi connectivity index (χ3v) is 8.46. The van der Waals surface area contributed by atoms with Crippen LogP contribution in [0.1, 0.15) is 51.2 Å². The summed E-state index contributed by atoms with van der Waals surface area (Å²) < 4.78 is 29.2. The zero-order valence-electron chi connectivity index (χ0n) is 23.9. The predicted octanol–water partition coefficient (Wildman–Crippen LogP) is 5.30. The fraction of sp³-hybridized carbons (Fsp3) is 0.517. The predicted molar refractivity (Wildman–Crippen MR) is 167 cm³/mol. The topological polar surface area (TPSA) is 93.7 Å². The number of nitrogens with one attached hydrogen (secondary N) is 3. The number of amides is 2. The van der Waals surface area contributed by atoms with Gasteiger partial charge in [0, 0.05) is 37.3 Å². The lowest BCUT2D eigenvalue weighted by atomic mass is 9.62. The molecule has 2 heterocycles. The van der Waals surface area contributed by atoms with Crippen LogP contribution in [0.2, 0.25) is 10.0 Å². The third kappa shape index (κ3) is 6.98. The first kappa shape index (κ1) is 36.5. The van der Waals surface area contributed by atoms with Crippen molar-refractivity contribution >= 4 is 65.5 Å². The third-order valence-electron chi connectivity index (χ3n) is 7.88. The molecule has 0 radical (unpaired) electrons. The van der Waals surface area contributed by atoms with E-state index in [9.17, 15) is 23.5 Å². The van der Waals surface area contributed by atoms with Crippen molar-refractivity contribution in [3.63, 3.8) is 0 Å². The van der Waals surface area contributed by atoms with Crippen molar-refractivity contribution in [3.8, 4) is 0 Å². The van der Waals surface area contributed by atoms with Crippen LogP contribution in [0.5, 0.6) is 0 Å². The Morgan fingerprint density at radius 2 is 1.76 bits per heavy atom. The van der Waals surface area contributed by atoms with Gasteiger partial charge in [0.1, 0.15) is 17.0 Å². The molecule has 1 saturated heterocycles. The van der Waals surface area contributed by atoms with Gasteiger partial charge in [-0.3, -0.25) is 14.5 Å². The normalized spacial score (nSPS) is 22.9. The summed E-state index contributed by atoms with van der Waals surface area (Å²) in [6, 6.07) is 5.31. The number of rotatable bonds is 9. The molecule has 2 aliphatic heterocycles. The van der Waals surface area contributed by atoms with Crippen molar-refractivity contribution in [2.45, 2.75) is 57.5 Å². The number of anilines is 1. The van der Waals surface area contributed by atoms with Crippen LogP contribution in [-0.4, -0.2) is 66.7 Å². The molecule has 42 heavy (non-hydrogen) atoms. The van der Waals surface area contributed by atoms with E-state index in [0.717, 1.165) is 0 Å². The molecule has 234 valence electrons. The zero-order valence-corrected chi connectivity index (χ0v) is 27.0. The van der Waals surface area contributed by atoms with Gasteiger partial charge < -0.3 is 21.1 Å². The molecule has 4 N–H and O–H groups in total. The minimum Gasteiger partial charge on any atom is -0.395 e. The molecular weight excluding hydrogens is 632 g/mol. The molecule has 0 aliphatic carbocycles. The highest BCUT2D eigenvalue weighted by atomic mass is 35.5. The van der Waals surface area contributed by atoms with E-state index in [-0.39, 0.29) is 52.8 Å². The van der Waals surface area contributed by atoms with Crippen LogP contribution in [0.3, 0.4) is 0 Å². The number of halogens is 6. The Bertz CT molecular complexity index is 1300. The summed E-state index contributed by atoms with van der Waals surface area (Å²) in [5.41, 5.74) is -0.449. The maximum absolute atomic E-state index is 15.0. The van der Waals surface area contributed by atoms with Gasteiger partial charge in [0.2, 0.25) is 11.8 Å². The monoisotopic (exact) mass is 668 g/mol. The van der Waals surface area contributed by atoms with E-state index >= 15 is 0 Å². The Morgan fingerprint density at radius 3 is 2.36 bits per heavy atom. The van der Waals surface area contributed by atoms with Gasteiger partial charge in [-0.15, -0.1) is 24.8 Å². The van der Waals surface area contributed by atoms with Crippen LogP contribution in [0.15, 0.2) is 30.3 Å². The Balaban J connectivity index is 0.00000308. The molecule has 1 spiro atoms. The van der Waals surface area contributed by atoms with Crippen LogP contribution in [-0.2, 0) is 15.0 Å². The largest absolute Gasteiger partial charge is 0.395 e. The van der Waals surface area contributed by atoms with Crippen molar-refractivity contribution in [1.29, 1.82) is 0 Å². The number of aliphatic hydroxyl groups excluding tert-OH is 1. The highest BCUT2D eigenvalue weighted by molar-refractivity contribution is 6.31. The molecule has 2 aliphatic rings. The number of hydrogen-bond donors (Lipinski definition) is 4. The average molecular weight is 670 g/mol. The van der Waals surface area contributed by atoms with Gasteiger partial charge in [0.05, 0.1) is 22.7 Å². The number of hydrogen-bond acceptors (Lipinski definition) is 5. The molecule has 0 bridgehead atoms. The average Bonchev–Trinajstić information content (AvgIpc) is 3.34. The van der Waals surface area contributed by atoms with Crippen molar-refractivity contribution in [2.75, 3.05) is 38.1 Å². The SMILES string of the molecule is CCN(CCO)CCNC(=O)[C@@H]1N[C@H](CC(C)(C)C)[C@]2(C(=O)Nc3cc(Cl)c(F)cc32)[C@H]1c1ccc(F)c(Cl)c1.Cl.Cl. The lowest BCUT2D eigenvalue weighted by molar-refractivity contribution is -0.123. The number of benzene rings is 2. The molecule has 2 amide bonds. The second-order valence-electron chi connectivity index (χ2n) is 11.7. The maximum Gasteiger partial charge on any atom is 0.237 e. The van der Waals surface area contributed by atoms with E-state index in [4.69, 9.17) is 23.2 Å². The Labute approximate surface area is 267 Å². The van der Waals surface area contributed by atoms with Crippen LogP contribution >= 0.6 is 48.0 Å². The van der Waals surface area contributed by atoms with E-state index in [0.29, 0.717) is 49.4 Å². The summed E-state index contributed by atoms with van der Waals surface area (Å²) in [4.78, 5) is 29.9. The van der Waals surface area contributed by atoms with Gasteiger partial charge in [-0.2, -0.15) is 0 Å². The highest BCUT2D eigenvalue weighted by Gasteiger charge is 2.65. The highest BCUT2D eigenvalue weighted by Crippen LogP contribution is 2.57. The molecular formula is C29H38Cl4F2N4O3. The summed E-state index contributed by atoms with van der Waals surface area (Å²) >= 11 is 12.3. The molecule has 2 aromatic carbocycles. The van der Waals surface area contributed by atoms with Gasteiger partial charge in [0.15, 0.2) is 0 Å². The molecule has 4 rings (SSSR count). The molecule has 0 saturated carbocycles. The van der Waals surface area contributed by atoms with Gasteiger partial charge in [-0.25, -0.2) is 8.78 Å². The molecule has 13 heteroatoms. The van der Waals surface area contributed by atoms with E-state index in [2.05, 4.69) is 16.0 Å². The van der Waals surface area contributed by atoms with Crippen LogP contribution in [0.25, 0.3) is 0 Å². The van der Waals surface area contributed by atoms with Gasteiger partial charge in [0.25, 0.3) is 0 Å². The number of likely N-dealkylation sites (N-methyl/N-ethyl adjacent to an activating group) is 1. The van der Waals surface area contributed by atoms with Crippen molar-refractivity contribution < 1.29 is 23.5 Å². The first-order valence-electron chi connectivity index (χ1n) is 13.5. The summed E-state index contributed by atoms with van der Waals surface area (Å²) in [5.74, 6) is -2.91. The Morgan fingerprint density at radius 1 is 1.10 bits per heavy atom. The summed E-state index contributed by atoms with van der Waals surface area (Å²) in [6.45, 7) is 10.1. The van der Waals surface area contributed by atoms with Crippen molar-refractivity contribution in [1.82, 2.24) is 15.5 Å². The smallest absolute Gasteiger partial charge is 0.237 e. The first-order valence-corrected chi connectivity index (χ1v) is 14.2. The van der Waals surface area contributed by atoms with Gasteiger partial charge in [-0.1, -0.05) is 57.0 Å². The number of nitrogens with zero attached hydrogens (tertiary/aromatic N) is 1. The molecule has 1 fully saturated rings. The second kappa shape index (κ2) is 14.4. The lowest BCUT2D eigenvalue weighted by Gasteiger charge is -2.37. The Kier molecular flexibility index (Phi) is 12.5. The minimum atomic E-state index is -1.41. The summed E-state index contributed by atoms with van der Waals surface area (Å²) in [5, 5.41) is 18.3. The van der Waals surface area contributed by atoms with E-state index < -0.39 is 41.0 Å². The molecule has 0 aromatic heterocycles. The van der Waals surface area contributed by atoms with Gasteiger partial charge >= 0.3 is 0 Å². The lowest BCUT2D eigenvalue weighted by Crippen LogP contribution is -2.49. The second-order valence-corrected chi connectivity index (χ2v) is 12.5. The summed E-state index contributed by atoms with van der Waals surface area (Å²) in [7, 11) is 0. The first-order chi connectivity index (χ1) is 18.8. The van der Waals surface area contributed by atoms with Gasteiger partial charge in [-0.05, 0) is 53.8 Å². The number of fused-ring (bicyclic) bond motifs is 2. The maximum atomic E-state index is 15.0. The molecule has 0 unspecified atom stereocenters. The van der Waals surface area contributed by atoms with Crippen LogP contribution in [0, 0.1) is 17.0 Å². The quantitative estimate of drug-likeness (QED) is 0.291. The molecule has 2 aromatic rings. The number of aliphatic hydroxyl groups is 1. The van der Waals surface area contributed by atoms with E-state index in [1.54, 1.807) is 0 Å². The van der Waals surface area contributed by atoms with E-state index in [1.807, 2.05) is 32.6 Å². The van der Waals surface area contributed by atoms with Crippen molar-refractivity contribution in [3.05, 3.63) is 63.1 Å². The molecule has 7 nitrogen and oxygen atoms in total. The fourth-order valence-corrected chi connectivity index (χ4v) is 6.51. The fourth-order valence-electron chi connectivity index (χ4n) is 6.16. The number of carbonyl (C=O) groups is 2. The Hall–Kier alpha value is -1.72. The van der Waals surface area contributed by atoms with Crippen LogP contribution in [0.4, 0.5) is 14.5 Å². The van der Waals surface area contributed by atoms with E-state index in [1.165, 1.54) is 30.3 Å².